The molecule has 2 aromatic carbocycles. The Morgan fingerprint density at radius 1 is 1.16 bits per heavy atom. The van der Waals surface area contributed by atoms with Crippen molar-refractivity contribution < 1.29 is 18.5 Å². The minimum absolute atomic E-state index is 0.0115. The van der Waals surface area contributed by atoms with Crippen molar-refractivity contribution >= 4 is 11.8 Å². The summed E-state index contributed by atoms with van der Waals surface area (Å²) < 4.78 is 18.8. The number of likely N-dealkylation sites (tertiary alicyclic amines) is 1. The van der Waals surface area contributed by atoms with Crippen LogP contribution in [0.1, 0.15) is 36.2 Å². The number of carbonyl (C=O) groups is 2. The first-order valence-electron chi connectivity index (χ1n) is 10.9. The second-order valence-corrected chi connectivity index (χ2v) is 8.49. The molecule has 3 heterocycles. The predicted molar refractivity (Wildman–Crippen MR) is 116 cm³/mol. The van der Waals surface area contributed by atoms with E-state index in [1.165, 1.54) is 12.1 Å². The smallest absolute Gasteiger partial charge is 0.228 e. The van der Waals surface area contributed by atoms with Crippen LogP contribution in [0.3, 0.4) is 0 Å². The van der Waals surface area contributed by atoms with Crippen LogP contribution in [0, 0.1) is 11.7 Å². The third-order valence-corrected chi connectivity index (χ3v) is 6.52. The van der Waals surface area contributed by atoms with Crippen LogP contribution in [0.15, 0.2) is 59.1 Å². The van der Waals surface area contributed by atoms with E-state index in [0.29, 0.717) is 31.8 Å². The largest absolute Gasteiger partial charge is 0.356 e. The summed E-state index contributed by atoms with van der Waals surface area (Å²) in [7, 11) is 0. The van der Waals surface area contributed by atoms with E-state index < -0.39 is 0 Å². The number of rotatable bonds is 4. The number of hydrogen-bond donors (Lipinski definition) is 0. The minimum atomic E-state index is -0.348. The summed E-state index contributed by atoms with van der Waals surface area (Å²) in [5.74, 6) is -0.0270. The topological polar surface area (TPSA) is 66.7 Å². The molecule has 1 fully saturated rings. The van der Waals surface area contributed by atoms with E-state index in [0.717, 1.165) is 22.4 Å². The Morgan fingerprint density at radius 2 is 1.91 bits per heavy atom. The summed E-state index contributed by atoms with van der Waals surface area (Å²) in [6, 6.07) is 15.9. The molecule has 3 aromatic rings. The summed E-state index contributed by atoms with van der Waals surface area (Å²) in [5.41, 5.74) is 3.52. The molecule has 2 aliphatic rings. The summed E-state index contributed by atoms with van der Waals surface area (Å²) in [5, 5.41) is 4.17. The molecule has 7 heteroatoms. The lowest BCUT2D eigenvalue weighted by Gasteiger charge is -2.29. The van der Waals surface area contributed by atoms with E-state index in [-0.39, 0.29) is 36.0 Å². The maximum atomic E-state index is 13.2. The fraction of sp³-hybridized carbons (Fsp3) is 0.320. The van der Waals surface area contributed by atoms with E-state index in [4.69, 9.17) is 4.52 Å². The molecule has 0 spiro atoms. The van der Waals surface area contributed by atoms with E-state index in [9.17, 15) is 14.0 Å². The lowest BCUT2D eigenvalue weighted by atomic mass is 9.99. The molecule has 2 unspecified atom stereocenters. The standard InChI is InChI=1S/C25H24FN3O3/c1-16(17-5-3-2-4-6-17)29-14-19(13-23(29)30)25(31)28-12-11-21-22(15-28)27-32-24(21)18-7-9-20(26)10-8-18/h2-10,16,19H,11-15H2,1H3. The Balaban J connectivity index is 1.28. The molecule has 2 amide bonds. The summed E-state index contributed by atoms with van der Waals surface area (Å²) in [6.45, 7) is 3.33. The SMILES string of the molecule is CC(c1ccccc1)N1CC(C(=O)N2CCc3c(noc3-c3ccc(F)cc3)C2)CC1=O. The van der Waals surface area contributed by atoms with Gasteiger partial charge < -0.3 is 14.3 Å². The third kappa shape index (κ3) is 3.68. The zero-order chi connectivity index (χ0) is 22.2. The van der Waals surface area contributed by atoms with Crippen LogP contribution in [0.5, 0.6) is 0 Å². The Labute approximate surface area is 185 Å². The van der Waals surface area contributed by atoms with Gasteiger partial charge in [0.05, 0.1) is 18.5 Å². The van der Waals surface area contributed by atoms with Crippen molar-refractivity contribution in [3.8, 4) is 11.3 Å². The molecule has 2 atom stereocenters. The number of amides is 2. The zero-order valence-corrected chi connectivity index (χ0v) is 17.8. The first-order chi connectivity index (χ1) is 15.5. The van der Waals surface area contributed by atoms with Gasteiger partial charge in [-0.15, -0.1) is 0 Å². The molecule has 164 valence electrons. The zero-order valence-electron chi connectivity index (χ0n) is 17.8. The highest BCUT2D eigenvalue weighted by Crippen LogP contribution is 2.33. The number of aromatic nitrogens is 1. The molecule has 0 bridgehead atoms. The van der Waals surface area contributed by atoms with Gasteiger partial charge in [-0.25, -0.2) is 4.39 Å². The van der Waals surface area contributed by atoms with Crippen molar-refractivity contribution in [3.63, 3.8) is 0 Å². The highest BCUT2D eigenvalue weighted by atomic mass is 19.1. The summed E-state index contributed by atoms with van der Waals surface area (Å²) in [6.07, 6.45) is 0.848. The molecule has 0 N–H and O–H groups in total. The maximum absolute atomic E-state index is 13.2. The predicted octanol–water partition coefficient (Wildman–Crippen LogP) is 3.98. The molecule has 0 aliphatic carbocycles. The van der Waals surface area contributed by atoms with Crippen molar-refractivity contribution in [3.05, 3.63) is 77.2 Å². The molecule has 2 aliphatic heterocycles. The van der Waals surface area contributed by atoms with Crippen molar-refractivity contribution in [1.82, 2.24) is 15.0 Å². The van der Waals surface area contributed by atoms with Crippen LogP contribution in [0.2, 0.25) is 0 Å². The minimum Gasteiger partial charge on any atom is -0.356 e. The van der Waals surface area contributed by atoms with Gasteiger partial charge in [0, 0.05) is 30.6 Å². The number of halogens is 1. The number of fused-ring (bicyclic) bond motifs is 1. The van der Waals surface area contributed by atoms with Gasteiger partial charge in [-0.05, 0) is 43.2 Å². The van der Waals surface area contributed by atoms with E-state index in [1.54, 1.807) is 21.9 Å². The monoisotopic (exact) mass is 433 g/mol. The molecule has 1 saturated heterocycles. The highest BCUT2D eigenvalue weighted by Gasteiger charge is 2.40. The van der Waals surface area contributed by atoms with Gasteiger partial charge >= 0.3 is 0 Å². The number of nitrogens with zero attached hydrogens (tertiary/aromatic N) is 3. The fourth-order valence-corrected chi connectivity index (χ4v) is 4.69. The number of hydrogen-bond acceptors (Lipinski definition) is 4. The van der Waals surface area contributed by atoms with Crippen LogP contribution in [0.25, 0.3) is 11.3 Å². The number of benzene rings is 2. The van der Waals surface area contributed by atoms with Gasteiger partial charge in [0.2, 0.25) is 11.8 Å². The van der Waals surface area contributed by atoms with Crippen molar-refractivity contribution in [2.24, 2.45) is 5.92 Å². The Morgan fingerprint density at radius 3 is 2.66 bits per heavy atom. The summed E-state index contributed by atoms with van der Waals surface area (Å²) >= 11 is 0. The van der Waals surface area contributed by atoms with E-state index in [1.807, 2.05) is 37.3 Å². The number of carbonyl (C=O) groups excluding carboxylic acids is 2. The molecular weight excluding hydrogens is 409 g/mol. The average molecular weight is 433 g/mol. The third-order valence-electron chi connectivity index (χ3n) is 6.52. The van der Waals surface area contributed by atoms with Crippen LogP contribution >= 0.6 is 0 Å². The molecule has 5 rings (SSSR count). The van der Waals surface area contributed by atoms with Crippen molar-refractivity contribution in [2.75, 3.05) is 13.1 Å². The van der Waals surface area contributed by atoms with Gasteiger partial charge in [-0.3, -0.25) is 9.59 Å². The van der Waals surface area contributed by atoms with Crippen molar-refractivity contribution in [2.45, 2.75) is 32.4 Å². The maximum Gasteiger partial charge on any atom is 0.228 e. The molecule has 0 radical (unpaired) electrons. The molecular formula is C25H24FN3O3. The molecule has 0 saturated carbocycles. The van der Waals surface area contributed by atoms with Crippen LogP contribution in [-0.2, 0) is 22.6 Å². The summed E-state index contributed by atoms with van der Waals surface area (Å²) in [4.78, 5) is 29.5. The normalized spacial score (nSPS) is 19.2. The highest BCUT2D eigenvalue weighted by molar-refractivity contribution is 5.89. The second kappa shape index (κ2) is 8.22. The van der Waals surface area contributed by atoms with Crippen LogP contribution in [-0.4, -0.2) is 39.9 Å². The lowest BCUT2D eigenvalue weighted by molar-refractivity contribution is -0.136. The van der Waals surface area contributed by atoms with Gasteiger partial charge in [0.1, 0.15) is 11.5 Å². The van der Waals surface area contributed by atoms with Crippen LogP contribution < -0.4 is 0 Å². The average Bonchev–Trinajstić information content (AvgIpc) is 3.42. The molecule has 1 aromatic heterocycles. The first-order valence-corrected chi connectivity index (χ1v) is 10.9. The van der Waals surface area contributed by atoms with Gasteiger partial charge in [-0.2, -0.15) is 0 Å². The fourth-order valence-electron chi connectivity index (χ4n) is 4.69. The Hall–Kier alpha value is -3.48. The molecule has 6 nitrogen and oxygen atoms in total. The van der Waals surface area contributed by atoms with E-state index >= 15 is 0 Å². The van der Waals surface area contributed by atoms with Gasteiger partial charge in [0.25, 0.3) is 0 Å². The second-order valence-electron chi connectivity index (χ2n) is 8.49. The Bertz CT molecular complexity index is 1140. The van der Waals surface area contributed by atoms with E-state index in [2.05, 4.69) is 5.16 Å². The first kappa shape index (κ1) is 20.4. The van der Waals surface area contributed by atoms with Crippen LogP contribution in [0.4, 0.5) is 4.39 Å². The van der Waals surface area contributed by atoms with Gasteiger partial charge in [0.15, 0.2) is 5.76 Å². The molecule has 32 heavy (non-hydrogen) atoms. The Kier molecular flexibility index (Phi) is 5.25. The van der Waals surface area contributed by atoms with Gasteiger partial charge in [-0.1, -0.05) is 35.5 Å². The lowest BCUT2D eigenvalue weighted by Crippen LogP contribution is -2.40. The quantitative estimate of drug-likeness (QED) is 0.624. The van der Waals surface area contributed by atoms with Crippen molar-refractivity contribution in [1.29, 1.82) is 0 Å².